The first-order chi connectivity index (χ1) is 5.18. The fraction of sp³-hybridized carbons (Fsp3) is 0.125. The summed E-state index contributed by atoms with van der Waals surface area (Å²) in [5.74, 6) is 0. The summed E-state index contributed by atoms with van der Waals surface area (Å²) in [6.07, 6.45) is 0. The molecule has 0 spiro atoms. The van der Waals surface area contributed by atoms with Crippen molar-refractivity contribution < 1.29 is 4.79 Å². The van der Waals surface area contributed by atoms with Gasteiger partial charge in [-0.2, -0.15) is 0 Å². The number of benzene rings is 1. The lowest BCUT2D eigenvalue weighted by molar-refractivity contribution is 0.270. The van der Waals surface area contributed by atoms with E-state index in [2.05, 4.69) is 24.0 Å². The lowest BCUT2D eigenvalue weighted by Gasteiger charge is -1.99. The third kappa shape index (κ3) is 2.63. The summed E-state index contributed by atoms with van der Waals surface area (Å²) in [4.78, 5) is 10.5. The van der Waals surface area contributed by atoms with Crippen molar-refractivity contribution >= 4 is 23.6 Å². The molecule has 0 atom stereocenters. The molecule has 1 amide bonds. The predicted octanol–water partition coefficient (Wildman–Crippen LogP) is 2.26. The van der Waals surface area contributed by atoms with Crippen LogP contribution >= 0.6 is 12.6 Å². The Balaban J connectivity index is 2.79. The first-order valence-electron chi connectivity index (χ1n) is 3.17. The zero-order valence-corrected chi connectivity index (χ0v) is 6.98. The molecule has 3 heteroatoms. The zero-order chi connectivity index (χ0) is 8.27. The van der Waals surface area contributed by atoms with E-state index in [0.29, 0.717) is 5.69 Å². The maximum atomic E-state index is 10.5. The molecular formula is C8H8NOS. The normalized spacial score (nSPS) is 9.27. The average Bonchev–Trinajstić information content (AvgIpc) is 1.85. The number of anilines is 1. The number of thiol groups is 1. The largest absolute Gasteiger partial charge is 0.317 e. The summed E-state index contributed by atoms with van der Waals surface area (Å²) in [5.41, 5.74) is 1.74. The highest BCUT2D eigenvalue weighted by Crippen LogP contribution is 2.08. The Kier molecular flexibility index (Phi) is 2.54. The predicted molar refractivity (Wildman–Crippen MR) is 48.0 cm³/mol. The van der Waals surface area contributed by atoms with Crippen LogP contribution in [0.4, 0.5) is 10.5 Å². The number of hydrogen-bond donors (Lipinski definition) is 2. The maximum Gasteiger partial charge on any atom is 0.280 e. The van der Waals surface area contributed by atoms with Gasteiger partial charge >= 0.3 is 0 Å². The standard InChI is InChI=1S/C8H8NOS/c1-6-3-2-4-7(5-6)9-8(10)11/h2-3,5H,1H3,(H2,9,10,11). The third-order valence-corrected chi connectivity index (χ3v) is 1.31. The van der Waals surface area contributed by atoms with Crippen LogP contribution in [0, 0.1) is 13.0 Å². The molecule has 0 bridgehead atoms. The monoisotopic (exact) mass is 166 g/mol. The van der Waals surface area contributed by atoms with Gasteiger partial charge in [0.15, 0.2) is 0 Å². The fourth-order valence-corrected chi connectivity index (χ4v) is 0.888. The lowest BCUT2D eigenvalue weighted by Crippen LogP contribution is -2.00. The van der Waals surface area contributed by atoms with Crippen molar-refractivity contribution in [3.63, 3.8) is 0 Å². The molecule has 0 aliphatic heterocycles. The van der Waals surface area contributed by atoms with Crippen LogP contribution in [-0.4, -0.2) is 5.24 Å². The van der Waals surface area contributed by atoms with Crippen LogP contribution in [0.1, 0.15) is 5.56 Å². The zero-order valence-electron chi connectivity index (χ0n) is 6.09. The molecule has 0 fully saturated rings. The van der Waals surface area contributed by atoms with Gasteiger partial charge in [-0.15, -0.1) is 0 Å². The maximum absolute atomic E-state index is 10.5. The minimum Gasteiger partial charge on any atom is -0.317 e. The number of aryl methyl sites for hydroxylation is 1. The second-order valence-electron chi connectivity index (χ2n) is 2.21. The average molecular weight is 166 g/mol. The van der Waals surface area contributed by atoms with Gasteiger partial charge in [-0.3, -0.25) is 4.79 Å². The Morgan fingerprint density at radius 2 is 2.45 bits per heavy atom. The van der Waals surface area contributed by atoms with Gasteiger partial charge in [0.2, 0.25) is 0 Å². The molecule has 0 aliphatic carbocycles. The summed E-state index contributed by atoms with van der Waals surface area (Å²) in [5, 5.41) is 2.15. The second-order valence-corrected chi connectivity index (χ2v) is 2.62. The van der Waals surface area contributed by atoms with Crippen molar-refractivity contribution in [1.29, 1.82) is 0 Å². The van der Waals surface area contributed by atoms with Crippen molar-refractivity contribution in [2.45, 2.75) is 6.92 Å². The number of carbonyl (C=O) groups excluding carboxylic acids is 1. The molecule has 2 nitrogen and oxygen atoms in total. The molecule has 1 N–H and O–H groups in total. The lowest BCUT2D eigenvalue weighted by atomic mass is 10.2. The van der Waals surface area contributed by atoms with Crippen molar-refractivity contribution in [2.24, 2.45) is 0 Å². The Morgan fingerprint density at radius 1 is 1.73 bits per heavy atom. The Labute approximate surface area is 71.0 Å². The van der Waals surface area contributed by atoms with Gasteiger partial charge in [0.1, 0.15) is 0 Å². The van der Waals surface area contributed by atoms with Crippen LogP contribution in [0.2, 0.25) is 0 Å². The van der Waals surface area contributed by atoms with E-state index in [1.54, 1.807) is 6.07 Å². The smallest absolute Gasteiger partial charge is 0.280 e. The highest BCUT2D eigenvalue weighted by atomic mass is 32.1. The van der Waals surface area contributed by atoms with Crippen LogP contribution < -0.4 is 5.32 Å². The summed E-state index contributed by atoms with van der Waals surface area (Å²) >= 11 is 3.57. The van der Waals surface area contributed by atoms with Gasteiger partial charge in [-0.25, -0.2) is 0 Å². The minimum atomic E-state index is -0.369. The molecule has 0 aliphatic rings. The summed E-state index contributed by atoms with van der Waals surface area (Å²) < 4.78 is 0. The molecule has 57 valence electrons. The number of hydrogen-bond acceptors (Lipinski definition) is 1. The van der Waals surface area contributed by atoms with Crippen molar-refractivity contribution in [2.75, 3.05) is 5.32 Å². The molecule has 11 heavy (non-hydrogen) atoms. The van der Waals surface area contributed by atoms with E-state index in [-0.39, 0.29) is 5.24 Å². The molecule has 1 radical (unpaired) electrons. The number of rotatable bonds is 1. The van der Waals surface area contributed by atoms with E-state index in [4.69, 9.17) is 0 Å². The van der Waals surface area contributed by atoms with Crippen LogP contribution in [0.5, 0.6) is 0 Å². The first-order valence-corrected chi connectivity index (χ1v) is 3.61. The Hall–Kier alpha value is -0.960. The van der Waals surface area contributed by atoms with Crippen LogP contribution in [0.15, 0.2) is 18.2 Å². The van der Waals surface area contributed by atoms with E-state index < -0.39 is 0 Å². The van der Waals surface area contributed by atoms with E-state index in [0.717, 1.165) is 5.56 Å². The van der Waals surface area contributed by atoms with Gasteiger partial charge in [0, 0.05) is 11.8 Å². The SMILES string of the molecule is Cc1cc[c]c(NC(=O)S)c1. The fourth-order valence-electron chi connectivity index (χ4n) is 0.768. The molecule has 0 saturated carbocycles. The van der Waals surface area contributed by atoms with E-state index >= 15 is 0 Å². The van der Waals surface area contributed by atoms with Crippen molar-refractivity contribution in [1.82, 2.24) is 0 Å². The number of amides is 1. The molecule has 0 aromatic heterocycles. The van der Waals surface area contributed by atoms with Crippen molar-refractivity contribution in [3.05, 3.63) is 29.8 Å². The second kappa shape index (κ2) is 3.44. The van der Waals surface area contributed by atoms with Crippen LogP contribution in [0.3, 0.4) is 0 Å². The first kappa shape index (κ1) is 8.14. The Morgan fingerprint density at radius 3 is 3.00 bits per heavy atom. The van der Waals surface area contributed by atoms with Crippen molar-refractivity contribution in [3.8, 4) is 0 Å². The number of carbonyl (C=O) groups is 1. The van der Waals surface area contributed by atoms with Gasteiger partial charge in [-0.1, -0.05) is 24.8 Å². The molecule has 1 rings (SSSR count). The minimum absolute atomic E-state index is 0.369. The molecule has 1 aromatic carbocycles. The van der Waals surface area contributed by atoms with Crippen LogP contribution in [-0.2, 0) is 0 Å². The van der Waals surface area contributed by atoms with Gasteiger partial charge in [-0.05, 0) is 18.6 Å². The Bertz CT molecular complexity index is 273. The van der Waals surface area contributed by atoms with E-state index in [1.165, 1.54) is 0 Å². The quantitative estimate of drug-likeness (QED) is 0.615. The summed E-state index contributed by atoms with van der Waals surface area (Å²) in [6, 6.07) is 8.36. The molecule has 0 heterocycles. The molecule has 0 saturated heterocycles. The summed E-state index contributed by atoms with van der Waals surface area (Å²) in [7, 11) is 0. The number of nitrogens with one attached hydrogen (secondary N) is 1. The highest BCUT2D eigenvalue weighted by Gasteiger charge is 1.94. The highest BCUT2D eigenvalue weighted by molar-refractivity contribution is 7.96. The van der Waals surface area contributed by atoms with Gasteiger partial charge < -0.3 is 5.32 Å². The molecule has 1 aromatic rings. The van der Waals surface area contributed by atoms with Gasteiger partial charge in [0.25, 0.3) is 5.24 Å². The topological polar surface area (TPSA) is 29.1 Å². The summed E-state index contributed by atoms with van der Waals surface area (Å²) in [6.45, 7) is 1.95. The van der Waals surface area contributed by atoms with Gasteiger partial charge in [0.05, 0.1) is 0 Å². The van der Waals surface area contributed by atoms with Crippen LogP contribution in [0.25, 0.3) is 0 Å². The van der Waals surface area contributed by atoms with E-state index in [1.807, 2.05) is 19.1 Å². The molecular weight excluding hydrogens is 158 g/mol. The van der Waals surface area contributed by atoms with E-state index in [9.17, 15) is 4.79 Å². The third-order valence-electron chi connectivity index (χ3n) is 1.20. The molecule has 0 unspecified atom stereocenters.